The number of hydrogen-bond acceptors (Lipinski definition) is 7. The second kappa shape index (κ2) is 10.2. The number of benzene rings is 1. The lowest BCUT2D eigenvalue weighted by Gasteiger charge is -2.41. The highest BCUT2D eigenvalue weighted by Gasteiger charge is 2.38. The molecule has 0 saturated heterocycles. The number of nitrogens with one attached hydrogen (secondary N) is 1. The molecular formula is C27H32F2N6O2. The molecule has 6 atom stereocenters. The van der Waals surface area contributed by atoms with Crippen LogP contribution in [0.2, 0.25) is 0 Å². The van der Waals surface area contributed by atoms with Crippen molar-refractivity contribution >= 4 is 17.7 Å². The fourth-order valence-electron chi connectivity index (χ4n) is 5.43. The highest BCUT2D eigenvalue weighted by Crippen LogP contribution is 2.37. The highest BCUT2D eigenvalue weighted by molar-refractivity contribution is 5.72. The number of anilines is 1. The second-order valence-corrected chi connectivity index (χ2v) is 10.3. The zero-order chi connectivity index (χ0) is 26.3. The van der Waals surface area contributed by atoms with Gasteiger partial charge in [-0.05, 0) is 50.7 Å². The van der Waals surface area contributed by atoms with Crippen molar-refractivity contribution in [2.75, 3.05) is 5.32 Å². The Labute approximate surface area is 214 Å². The molecule has 3 aromatic rings. The Kier molecular flexibility index (Phi) is 6.96. The van der Waals surface area contributed by atoms with E-state index in [9.17, 15) is 13.9 Å². The van der Waals surface area contributed by atoms with Crippen LogP contribution < -0.4 is 15.8 Å². The number of nitrogens with zero attached hydrogens (tertiary/aromatic N) is 4. The molecule has 0 bridgehead atoms. The summed E-state index contributed by atoms with van der Waals surface area (Å²) in [6.07, 6.45) is 8.13. The summed E-state index contributed by atoms with van der Waals surface area (Å²) in [7, 11) is 0. The predicted octanol–water partition coefficient (Wildman–Crippen LogP) is 4.19. The normalized spacial score (nSPS) is 27.7. The number of aromatic nitrogens is 3. The van der Waals surface area contributed by atoms with Crippen LogP contribution in [0.25, 0.3) is 16.8 Å². The number of aliphatic hydroxyl groups excluding tert-OH is 1. The average molecular weight is 511 g/mol. The zero-order valence-electron chi connectivity index (χ0n) is 21.1. The first-order chi connectivity index (χ1) is 17.7. The number of nitrogens with two attached hydrogens (primary N) is 1. The first kappa shape index (κ1) is 25.3. The van der Waals surface area contributed by atoms with Gasteiger partial charge in [-0.25, -0.2) is 13.8 Å². The Bertz CT molecular complexity index is 1300. The van der Waals surface area contributed by atoms with Gasteiger partial charge in [0.15, 0.2) is 0 Å². The van der Waals surface area contributed by atoms with E-state index in [-0.39, 0.29) is 52.9 Å². The van der Waals surface area contributed by atoms with Crippen LogP contribution in [0.15, 0.2) is 47.7 Å². The SMILES string of the molecule is CC(C)Oc1cc(F)c(-c2ccc3cnc(NC4C=NC=CC4[C@H]4C[C@@H](N)[C@H](O)[C@@H](C)C4)n3n2)c(F)c1. The van der Waals surface area contributed by atoms with E-state index in [0.29, 0.717) is 17.9 Å². The van der Waals surface area contributed by atoms with E-state index in [2.05, 4.69) is 26.5 Å². The molecule has 0 spiro atoms. The van der Waals surface area contributed by atoms with Crippen molar-refractivity contribution < 1.29 is 18.6 Å². The summed E-state index contributed by atoms with van der Waals surface area (Å²) in [5.74, 6) is -0.531. The van der Waals surface area contributed by atoms with Gasteiger partial charge in [-0.3, -0.25) is 4.99 Å². The maximum Gasteiger partial charge on any atom is 0.225 e. The van der Waals surface area contributed by atoms with Crippen LogP contribution in [0.1, 0.15) is 33.6 Å². The smallest absolute Gasteiger partial charge is 0.225 e. The van der Waals surface area contributed by atoms with Gasteiger partial charge in [-0.2, -0.15) is 9.61 Å². The summed E-state index contributed by atoms with van der Waals surface area (Å²) < 4.78 is 36.9. The summed E-state index contributed by atoms with van der Waals surface area (Å²) in [4.78, 5) is 8.79. The van der Waals surface area contributed by atoms with Crippen molar-refractivity contribution in [3.05, 3.63) is 54.4 Å². The van der Waals surface area contributed by atoms with Gasteiger partial charge in [0.2, 0.25) is 5.95 Å². The Morgan fingerprint density at radius 2 is 1.95 bits per heavy atom. The quantitative estimate of drug-likeness (QED) is 0.459. The van der Waals surface area contributed by atoms with Crippen molar-refractivity contribution in [1.82, 2.24) is 14.6 Å². The number of aliphatic hydroxyl groups is 1. The third-order valence-corrected chi connectivity index (χ3v) is 7.19. The number of imidazole rings is 1. The molecule has 0 radical (unpaired) electrons. The number of fused-ring (bicyclic) bond motifs is 1. The molecule has 1 aromatic carbocycles. The van der Waals surface area contributed by atoms with E-state index in [0.717, 1.165) is 6.42 Å². The topological polar surface area (TPSA) is 110 Å². The van der Waals surface area contributed by atoms with E-state index in [4.69, 9.17) is 10.5 Å². The van der Waals surface area contributed by atoms with E-state index in [1.165, 1.54) is 16.6 Å². The molecule has 1 aliphatic heterocycles. The first-order valence-electron chi connectivity index (χ1n) is 12.6. The van der Waals surface area contributed by atoms with E-state index < -0.39 is 17.7 Å². The molecule has 1 saturated carbocycles. The van der Waals surface area contributed by atoms with Gasteiger partial charge in [0.25, 0.3) is 0 Å². The van der Waals surface area contributed by atoms with Crippen molar-refractivity contribution in [2.24, 2.45) is 28.5 Å². The Hall–Kier alpha value is -3.37. The third kappa shape index (κ3) is 5.08. The van der Waals surface area contributed by atoms with Gasteiger partial charge in [-0.15, -0.1) is 0 Å². The molecule has 1 aliphatic carbocycles. The molecule has 2 aromatic heterocycles. The van der Waals surface area contributed by atoms with Crippen LogP contribution in [-0.2, 0) is 0 Å². The van der Waals surface area contributed by atoms with Crippen molar-refractivity contribution in [3.8, 4) is 17.0 Å². The van der Waals surface area contributed by atoms with Gasteiger partial charge in [-0.1, -0.05) is 13.0 Å². The summed E-state index contributed by atoms with van der Waals surface area (Å²) in [5.41, 5.74) is 6.80. The number of rotatable bonds is 6. The largest absolute Gasteiger partial charge is 0.491 e. The van der Waals surface area contributed by atoms with E-state index in [1.807, 2.05) is 13.1 Å². The summed E-state index contributed by atoms with van der Waals surface area (Å²) in [6, 6.07) is 5.14. The summed E-state index contributed by atoms with van der Waals surface area (Å²) >= 11 is 0. The van der Waals surface area contributed by atoms with Crippen LogP contribution in [0, 0.1) is 29.4 Å². The van der Waals surface area contributed by atoms with Crippen LogP contribution in [0.4, 0.5) is 14.7 Å². The van der Waals surface area contributed by atoms with E-state index >= 15 is 0 Å². The average Bonchev–Trinajstić information content (AvgIpc) is 3.24. The van der Waals surface area contributed by atoms with Crippen LogP contribution in [-0.4, -0.2) is 50.2 Å². The molecule has 2 aliphatic rings. The minimum Gasteiger partial charge on any atom is -0.491 e. The minimum atomic E-state index is -0.758. The second-order valence-electron chi connectivity index (χ2n) is 10.3. The lowest BCUT2D eigenvalue weighted by molar-refractivity contribution is 0.0290. The molecule has 37 heavy (non-hydrogen) atoms. The molecule has 3 heterocycles. The van der Waals surface area contributed by atoms with Crippen LogP contribution in [0.3, 0.4) is 0 Å². The molecule has 0 amide bonds. The molecule has 5 rings (SSSR count). The molecular weight excluding hydrogens is 478 g/mol. The van der Waals surface area contributed by atoms with Gasteiger partial charge in [0.1, 0.15) is 17.4 Å². The van der Waals surface area contributed by atoms with Gasteiger partial charge in [0.05, 0.1) is 41.2 Å². The monoisotopic (exact) mass is 510 g/mol. The zero-order valence-corrected chi connectivity index (χ0v) is 21.1. The summed E-state index contributed by atoms with van der Waals surface area (Å²) in [6.45, 7) is 5.60. The molecule has 196 valence electrons. The highest BCUT2D eigenvalue weighted by atomic mass is 19.1. The standard InChI is InChI=1S/C27H32F2N6O2/c1-14(2)37-18-10-20(28)25(21(29)11-18)23-5-4-17-12-32-27(35(17)34-23)33-24-13-31-7-6-19(24)16-8-15(3)26(36)22(30)9-16/h4-7,10-16,19,22,24,26,36H,8-9,30H2,1-3H3,(H,32,33)/t15-,16+,19?,22+,24?,26+/m0/s1. The molecule has 1 fully saturated rings. The van der Waals surface area contributed by atoms with Gasteiger partial charge < -0.3 is 20.9 Å². The lowest BCUT2D eigenvalue weighted by atomic mass is 9.70. The first-order valence-corrected chi connectivity index (χ1v) is 12.6. The minimum absolute atomic E-state index is 0.0809. The van der Waals surface area contributed by atoms with Gasteiger partial charge in [0, 0.05) is 36.5 Å². The van der Waals surface area contributed by atoms with Crippen LogP contribution in [0.5, 0.6) is 5.75 Å². The number of halogens is 2. The number of aliphatic imine (C=N–C) groups is 1. The fraction of sp³-hybridized carbons (Fsp3) is 0.444. The van der Waals surface area contributed by atoms with Crippen molar-refractivity contribution in [1.29, 1.82) is 0 Å². The molecule has 8 nitrogen and oxygen atoms in total. The number of hydrogen-bond donors (Lipinski definition) is 3. The predicted molar refractivity (Wildman–Crippen MR) is 139 cm³/mol. The Morgan fingerprint density at radius 1 is 1.19 bits per heavy atom. The maximum absolute atomic E-state index is 14.9. The van der Waals surface area contributed by atoms with E-state index in [1.54, 1.807) is 38.4 Å². The fourth-order valence-corrected chi connectivity index (χ4v) is 5.43. The summed E-state index contributed by atoms with van der Waals surface area (Å²) in [5, 5.41) is 18.2. The Balaban J connectivity index is 1.43. The molecule has 2 unspecified atom stereocenters. The number of ether oxygens (including phenoxy) is 1. The van der Waals surface area contributed by atoms with Crippen molar-refractivity contribution in [2.45, 2.75) is 57.9 Å². The van der Waals surface area contributed by atoms with Gasteiger partial charge >= 0.3 is 0 Å². The van der Waals surface area contributed by atoms with Crippen molar-refractivity contribution in [3.63, 3.8) is 0 Å². The van der Waals surface area contributed by atoms with Crippen LogP contribution >= 0.6 is 0 Å². The maximum atomic E-state index is 14.9. The molecule has 4 N–H and O–H groups in total. The third-order valence-electron chi connectivity index (χ3n) is 7.19. The lowest BCUT2D eigenvalue weighted by Crippen LogP contribution is -2.49. The molecule has 10 heteroatoms. The Morgan fingerprint density at radius 3 is 2.65 bits per heavy atom.